The lowest BCUT2D eigenvalue weighted by molar-refractivity contribution is -0.134. The molecule has 0 spiro atoms. The summed E-state index contributed by atoms with van der Waals surface area (Å²) in [5.74, 6) is -0.394. The summed E-state index contributed by atoms with van der Waals surface area (Å²) in [6.45, 7) is 6.17. The van der Waals surface area contributed by atoms with Gasteiger partial charge in [-0.25, -0.2) is 0 Å². The molecule has 0 saturated carbocycles. The minimum atomic E-state index is -0.284. The monoisotopic (exact) mass is 260 g/mol. The second kappa shape index (κ2) is 5.53. The number of rotatable bonds is 3. The second-order valence-corrected chi connectivity index (χ2v) is 5.31. The Morgan fingerprint density at radius 1 is 1.21 bits per heavy atom. The molecule has 1 aromatic rings. The van der Waals surface area contributed by atoms with Gasteiger partial charge in [-0.05, 0) is 32.8 Å². The Bertz CT molecular complexity index is 491. The molecule has 1 heterocycles. The molecule has 0 aromatic heterocycles. The van der Waals surface area contributed by atoms with Crippen molar-refractivity contribution in [2.75, 3.05) is 0 Å². The molecule has 0 bridgehead atoms. The molecule has 102 valence electrons. The molecule has 1 aliphatic rings. The highest BCUT2D eigenvalue weighted by Gasteiger charge is 2.27. The van der Waals surface area contributed by atoms with Crippen molar-refractivity contribution in [2.45, 2.75) is 45.7 Å². The Morgan fingerprint density at radius 3 is 2.42 bits per heavy atom. The van der Waals surface area contributed by atoms with Gasteiger partial charge >= 0.3 is 0 Å². The number of hydrogen-bond acceptors (Lipinski definition) is 3. The highest BCUT2D eigenvalue weighted by atomic mass is 16.2. The first-order valence-electron chi connectivity index (χ1n) is 6.63. The number of hydrogen-bond donors (Lipinski definition) is 2. The van der Waals surface area contributed by atoms with Gasteiger partial charge in [0.1, 0.15) is 0 Å². The fraction of sp³-hybridized carbons (Fsp3) is 0.467. The summed E-state index contributed by atoms with van der Waals surface area (Å²) in [4.78, 5) is 22.8. The molecule has 1 aromatic carbocycles. The van der Waals surface area contributed by atoms with Gasteiger partial charge in [0.15, 0.2) is 0 Å². The Balaban J connectivity index is 2.06. The SMILES string of the molecule is Cc1cc(C)cc(C(C)NC2CCC(=O)NC2=O)c1. The number of amides is 2. The lowest BCUT2D eigenvalue weighted by Crippen LogP contribution is -2.51. The van der Waals surface area contributed by atoms with Crippen molar-refractivity contribution in [2.24, 2.45) is 0 Å². The molecular weight excluding hydrogens is 240 g/mol. The van der Waals surface area contributed by atoms with Gasteiger partial charge in [0.25, 0.3) is 0 Å². The third-order valence-corrected chi connectivity index (χ3v) is 3.43. The van der Waals surface area contributed by atoms with E-state index < -0.39 is 0 Å². The van der Waals surface area contributed by atoms with Crippen LogP contribution in [0.1, 0.15) is 42.5 Å². The first-order chi connectivity index (χ1) is 8.95. The van der Waals surface area contributed by atoms with E-state index in [1.807, 2.05) is 6.92 Å². The normalized spacial score (nSPS) is 21.1. The van der Waals surface area contributed by atoms with Gasteiger partial charge in [0.05, 0.1) is 6.04 Å². The van der Waals surface area contributed by atoms with Crippen LogP contribution in [0.15, 0.2) is 18.2 Å². The zero-order valence-corrected chi connectivity index (χ0v) is 11.6. The van der Waals surface area contributed by atoms with Crippen LogP contribution in [0.2, 0.25) is 0 Å². The van der Waals surface area contributed by atoms with Gasteiger partial charge in [-0.15, -0.1) is 0 Å². The zero-order chi connectivity index (χ0) is 14.0. The van der Waals surface area contributed by atoms with Crippen molar-refractivity contribution < 1.29 is 9.59 Å². The fourth-order valence-electron chi connectivity index (χ4n) is 2.51. The van der Waals surface area contributed by atoms with Crippen molar-refractivity contribution in [1.82, 2.24) is 10.6 Å². The Labute approximate surface area is 113 Å². The quantitative estimate of drug-likeness (QED) is 0.814. The van der Waals surface area contributed by atoms with Crippen LogP contribution in [0.5, 0.6) is 0 Å². The third-order valence-electron chi connectivity index (χ3n) is 3.43. The van der Waals surface area contributed by atoms with Crippen LogP contribution in [0.4, 0.5) is 0 Å². The smallest absolute Gasteiger partial charge is 0.243 e. The molecule has 2 rings (SSSR count). The number of carbonyl (C=O) groups is 2. The summed E-state index contributed by atoms with van der Waals surface area (Å²) in [6.07, 6.45) is 0.975. The first kappa shape index (κ1) is 13.7. The summed E-state index contributed by atoms with van der Waals surface area (Å²) in [5, 5.41) is 5.66. The molecule has 2 amide bonds. The molecular formula is C15H20N2O2. The minimum Gasteiger partial charge on any atom is -0.299 e. The number of imide groups is 1. The molecule has 2 atom stereocenters. The van der Waals surface area contributed by atoms with Crippen LogP contribution in [0, 0.1) is 13.8 Å². The molecule has 2 N–H and O–H groups in total. The fourth-order valence-corrected chi connectivity index (χ4v) is 2.51. The summed E-state index contributed by atoms with van der Waals surface area (Å²) in [7, 11) is 0. The van der Waals surface area contributed by atoms with Crippen molar-refractivity contribution in [3.63, 3.8) is 0 Å². The number of benzene rings is 1. The molecule has 0 aliphatic carbocycles. The van der Waals surface area contributed by atoms with E-state index in [0.717, 1.165) is 0 Å². The van der Waals surface area contributed by atoms with Gasteiger partial charge in [0, 0.05) is 12.5 Å². The molecule has 1 fully saturated rings. The van der Waals surface area contributed by atoms with Crippen LogP contribution in [0.3, 0.4) is 0 Å². The largest absolute Gasteiger partial charge is 0.299 e. The lowest BCUT2D eigenvalue weighted by Gasteiger charge is -2.26. The van der Waals surface area contributed by atoms with Gasteiger partial charge in [-0.1, -0.05) is 29.3 Å². The molecule has 1 saturated heterocycles. The highest BCUT2D eigenvalue weighted by Crippen LogP contribution is 2.18. The molecule has 4 nitrogen and oxygen atoms in total. The first-order valence-corrected chi connectivity index (χ1v) is 6.63. The average Bonchev–Trinajstić information content (AvgIpc) is 2.31. The van der Waals surface area contributed by atoms with Crippen molar-refractivity contribution in [3.8, 4) is 0 Å². The summed E-state index contributed by atoms with van der Waals surface area (Å²) in [5.41, 5.74) is 3.60. The van der Waals surface area contributed by atoms with Crippen molar-refractivity contribution in [1.29, 1.82) is 0 Å². The van der Waals surface area contributed by atoms with E-state index in [1.54, 1.807) is 0 Å². The van der Waals surface area contributed by atoms with Gasteiger partial charge < -0.3 is 0 Å². The van der Waals surface area contributed by atoms with E-state index in [1.165, 1.54) is 16.7 Å². The van der Waals surface area contributed by atoms with Crippen LogP contribution in [0.25, 0.3) is 0 Å². The predicted octanol–water partition coefficient (Wildman–Crippen LogP) is 1.76. The highest BCUT2D eigenvalue weighted by molar-refractivity contribution is 6.00. The molecule has 1 aliphatic heterocycles. The topological polar surface area (TPSA) is 58.2 Å². The number of carbonyl (C=O) groups excluding carboxylic acids is 2. The van der Waals surface area contributed by atoms with E-state index in [2.05, 4.69) is 42.7 Å². The summed E-state index contributed by atoms with van der Waals surface area (Å²) < 4.78 is 0. The van der Waals surface area contributed by atoms with Gasteiger partial charge in [0.2, 0.25) is 11.8 Å². The third kappa shape index (κ3) is 3.41. The second-order valence-electron chi connectivity index (χ2n) is 5.31. The van der Waals surface area contributed by atoms with Gasteiger partial charge in [-0.3, -0.25) is 20.2 Å². The molecule has 2 unspecified atom stereocenters. The zero-order valence-electron chi connectivity index (χ0n) is 11.6. The maximum absolute atomic E-state index is 11.7. The van der Waals surface area contributed by atoms with Crippen LogP contribution in [-0.4, -0.2) is 17.9 Å². The summed E-state index contributed by atoms with van der Waals surface area (Å²) >= 11 is 0. The van der Waals surface area contributed by atoms with E-state index in [9.17, 15) is 9.59 Å². The van der Waals surface area contributed by atoms with Crippen LogP contribution < -0.4 is 10.6 Å². The van der Waals surface area contributed by atoms with Crippen LogP contribution in [-0.2, 0) is 9.59 Å². The molecule has 4 heteroatoms. The summed E-state index contributed by atoms with van der Waals surface area (Å²) in [6, 6.07) is 6.17. The van der Waals surface area contributed by atoms with Crippen LogP contribution >= 0.6 is 0 Å². The molecule has 19 heavy (non-hydrogen) atoms. The van der Waals surface area contributed by atoms with E-state index in [4.69, 9.17) is 0 Å². The standard InChI is InChI=1S/C15H20N2O2/c1-9-6-10(2)8-12(7-9)11(3)16-13-4-5-14(18)17-15(13)19/h6-8,11,13,16H,4-5H2,1-3H3,(H,17,18,19). The number of nitrogens with one attached hydrogen (secondary N) is 2. The van der Waals surface area contributed by atoms with Crippen molar-refractivity contribution in [3.05, 3.63) is 34.9 Å². The number of aryl methyl sites for hydroxylation is 2. The van der Waals surface area contributed by atoms with E-state index in [0.29, 0.717) is 12.8 Å². The average molecular weight is 260 g/mol. The maximum Gasteiger partial charge on any atom is 0.243 e. The number of piperidine rings is 1. The maximum atomic E-state index is 11.7. The van der Waals surface area contributed by atoms with Gasteiger partial charge in [-0.2, -0.15) is 0 Å². The lowest BCUT2D eigenvalue weighted by atomic mass is 9.99. The minimum absolute atomic E-state index is 0.0857. The Kier molecular flexibility index (Phi) is 4.00. The Morgan fingerprint density at radius 2 is 1.84 bits per heavy atom. The molecule has 0 radical (unpaired) electrons. The van der Waals surface area contributed by atoms with E-state index >= 15 is 0 Å². The van der Waals surface area contributed by atoms with E-state index in [-0.39, 0.29) is 23.9 Å². The Hall–Kier alpha value is -1.68. The van der Waals surface area contributed by atoms with Crippen molar-refractivity contribution >= 4 is 11.8 Å². The predicted molar refractivity (Wildman–Crippen MR) is 73.6 cm³/mol.